The molecule has 1 aliphatic heterocycles. The van der Waals surface area contributed by atoms with Gasteiger partial charge in [-0.15, -0.1) is 0 Å². The maximum absolute atomic E-state index is 12.6. The summed E-state index contributed by atoms with van der Waals surface area (Å²) in [5, 5.41) is 0. The van der Waals surface area contributed by atoms with Crippen molar-refractivity contribution in [2.45, 2.75) is 43.9 Å². The first kappa shape index (κ1) is 13.6. The fraction of sp³-hybridized carbons (Fsp3) is 0.571. The van der Waals surface area contributed by atoms with Gasteiger partial charge in [-0.1, -0.05) is 37.5 Å². The summed E-state index contributed by atoms with van der Waals surface area (Å²) in [6.07, 6.45) is 5.47. The maximum atomic E-state index is 12.6. The van der Waals surface area contributed by atoms with Gasteiger partial charge in [-0.05, 0) is 31.4 Å². The molecule has 1 saturated heterocycles. The first-order chi connectivity index (χ1) is 8.62. The predicted molar refractivity (Wildman–Crippen MR) is 73.0 cm³/mol. The first-order valence-electron chi connectivity index (χ1n) is 6.68. The Morgan fingerprint density at radius 2 is 1.50 bits per heavy atom. The van der Waals surface area contributed by atoms with Crippen molar-refractivity contribution in [3.05, 3.63) is 29.8 Å². The molecule has 1 aromatic rings. The normalized spacial score (nSPS) is 19.2. The molecule has 0 unspecified atom stereocenters. The molecule has 0 aliphatic carbocycles. The molecule has 2 rings (SSSR count). The van der Waals surface area contributed by atoms with Crippen molar-refractivity contribution in [1.29, 1.82) is 0 Å². The molecule has 1 aromatic carbocycles. The van der Waals surface area contributed by atoms with E-state index in [-0.39, 0.29) is 0 Å². The van der Waals surface area contributed by atoms with Gasteiger partial charge in [0, 0.05) is 13.1 Å². The molecule has 3 nitrogen and oxygen atoms in total. The van der Waals surface area contributed by atoms with Gasteiger partial charge in [0.1, 0.15) is 0 Å². The molecule has 1 aliphatic rings. The Bertz CT molecular complexity index is 488. The zero-order valence-corrected chi connectivity index (χ0v) is 11.7. The third kappa shape index (κ3) is 2.93. The summed E-state index contributed by atoms with van der Waals surface area (Å²) in [6.45, 7) is 3.18. The van der Waals surface area contributed by atoms with Crippen molar-refractivity contribution in [3.8, 4) is 0 Å². The van der Waals surface area contributed by atoms with Crippen LogP contribution in [0.25, 0.3) is 0 Å². The molecular weight excluding hydrogens is 246 g/mol. The number of rotatable bonds is 2. The van der Waals surface area contributed by atoms with Crippen LogP contribution in [0.1, 0.15) is 37.7 Å². The molecule has 0 bridgehead atoms. The Morgan fingerprint density at radius 3 is 2.11 bits per heavy atom. The summed E-state index contributed by atoms with van der Waals surface area (Å²) in [6, 6.07) is 7.24. The van der Waals surface area contributed by atoms with Gasteiger partial charge in [-0.3, -0.25) is 0 Å². The van der Waals surface area contributed by atoms with E-state index >= 15 is 0 Å². The van der Waals surface area contributed by atoms with Crippen LogP contribution in [0, 0.1) is 6.92 Å². The van der Waals surface area contributed by atoms with E-state index in [1.54, 1.807) is 16.4 Å². The van der Waals surface area contributed by atoms with E-state index in [1.807, 2.05) is 19.1 Å². The molecule has 1 fully saturated rings. The monoisotopic (exact) mass is 267 g/mol. The molecule has 100 valence electrons. The highest BCUT2D eigenvalue weighted by molar-refractivity contribution is 7.89. The van der Waals surface area contributed by atoms with E-state index in [1.165, 1.54) is 6.42 Å². The van der Waals surface area contributed by atoms with E-state index < -0.39 is 10.0 Å². The van der Waals surface area contributed by atoms with E-state index in [0.717, 1.165) is 31.2 Å². The SMILES string of the molecule is Cc1ccccc1S(=O)(=O)N1CCCCCCC1. The van der Waals surface area contributed by atoms with E-state index in [2.05, 4.69) is 0 Å². The second-order valence-electron chi connectivity index (χ2n) is 4.94. The molecule has 0 saturated carbocycles. The Kier molecular flexibility index (Phi) is 4.40. The number of hydrogen-bond acceptors (Lipinski definition) is 2. The van der Waals surface area contributed by atoms with Crippen LogP contribution >= 0.6 is 0 Å². The number of benzene rings is 1. The number of sulfonamides is 1. The fourth-order valence-corrected chi connectivity index (χ4v) is 4.19. The maximum Gasteiger partial charge on any atom is 0.243 e. The van der Waals surface area contributed by atoms with Crippen LogP contribution in [0.3, 0.4) is 0 Å². The van der Waals surface area contributed by atoms with Gasteiger partial charge in [0.15, 0.2) is 0 Å². The van der Waals surface area contributed by atoms with Gasteiger partial charge in [0.05, 0.1) is 4.90 Å². The van der Waals surface area contributed by atoms with Crippen LogP contribution in [0.4, 0.5) is 0 Å². The summed E-state index contributed by atoms with van der Waals surface area (Å²) < 4.78 is 26.9. The van der Waals surface area contributed by atoms with Crippen LogP contribution in [0.2, 0.25) is 0 Å². The largest absolute Gasteiger partial charge is 0.243 e. The number of aryl methyl sites for hydroxylation is 1. The smallest absolute Gasteiger partial charge is 0.207 e. The van der Waals surface area contributed by atoms with E-state index in [0.29, 0.717) is 18.0 Å². The van der Waals surface area contributed by atoms with Crippen molar-refractivity contribution in [3.63, 3.8) is 0 Å². The van der Waals surface area contributed by atoms with Gasteiger partial charge in [-0.25, -0.2) is 8.42 Å². The Hall–Kier alpha value is -0.870. The summed E-state index contributed by atoms with van der Waals surface area (Å²) in [5.74, 6) is 0. The molecule has 18 heavy (non-hydrogen) atoms. The van der Waals surface area contributed by atoms with Crippen molar-refractivity contribution in [2.75, 3.05) is 13.1 Å². The van der Waals surface area contributed by atoms with Gasteiger partial charge in [0.25, 0.3) is 0 Å². The lowest BCUT2D eigenvalue weighted by Crippen LogP contribution is -2.34. The summed E-state index contributed by atoms with van der Waals surface area (Å²) in [5.41, 5.74) is 0.833. The summed E-state index contributed by atoms with van der Waals surface area (Å²) >= 11 is 0. The van der Waals surface area contributed by atoms with Crippen LogP contribution in [0.15, 0.2) is 29.2 Å². The summed E-state index contributed by atoms with van der Waals surface area (Å²) in [4.78, 5) is 0.463. The lowest BCUT2D eigenvalue weighted by atomic mass is 10.1. The number of nitrogens with zero attached hydrogens (tertiary/aromatic N) is 1. The molecule has 0 amide bonds. The van der Waals surface area contributed by atoms with Crippen molar-refractivity contribution >= 4 is 10.0 Å². The minimum Gasteiger partial charge on any atom is -0.207 e. The second-order valence-corrected chi connectivity index (χ2v) is 6.84. The third-order valence-electron chi connectivity index (χ3n) is 3.53. The molecule has 0 spiro atoms. The van der Waals surface area contributed by atoms with Crippen molar-refractivity contribution < 1.29 is 8.42 Å². The molecular formula is C14H21NO2S. The highest BCUT2D eigenvalue weighted by Gasteiger charge is 2.25. The quantitative estimate of drug-likeness (QED) is 0.826. The van der Waals surface area contributed by atoms with Crippen LogP contribution in [0.5, 0.6) is 0 Å². The highest BCUT2D eigenvalue weighted by Crippen LogP contribution is 2.22. The van der Waals surface area contributed by atoms with Gasteiger partial charge in [-0.2, -0.15) is 4.31 Å². The van der Waals surface area contributed by atoms with Gasteiger partial charge >= 0.3 is 0 Å². The molecule has 0 N–H and O–H groups in total. The zero-order valence-electron chi connectivity index (χ0n) is 10.9. The average Bonchev–Trinajstić information content (AvgIpc) is 2.28. The molecule has 1 heterocycles. The Morgan fingerprint density at radius 1 is 0.944 bits per heavy atom. The van der Waals surface area contributed by atoms with Crippen molar-refractivity contribution in [2.24, 2.45) is 0 Å². The second kappa shape index (κ2) is 5.85. The topological polar surface area (TPSA) is 37.4 Å². The zero-order chi connectivity index (χ0) is 13.0. The predicted octanol–water partition coefficient (Wildman–Crippen LogP) is 2.95. The highest BCUT2D eigenvalue weighted by atomic mass is 32.2. The van der Waals surface area contributed by atoms with E-state index in [9.17, 15) is 8.42 Å². The average molecular weight is 267 g/mol. The molecule has 0 aromatic heterocycles. The number of hydrogen-bond donors (Lipinski definition) is 0. The van der Waals surface area contributed by atoms with Crippen LogP contribution in [-0.4, -0.2) is 25.8 Å². The van der Waals surface area contributed by atoms with Crippen LogP contribution in [-0.2, 0) is 10.0 Å². The van der Waals surface area contributed by atoms with Crippen molar-refractivity contribution in [1.82, 2.24) is 4.31 Å². The molecule has 0 radical (unpaired) electrons. The standard InChI is InChI=1S/C14H21NO2S/c1-13-9-5-6-10-14(13)18(16,17)15-11-7-3-2-4-8-12-15/h5-6,9-10H,2-4,7-8,11-12H2,1H3. The minimum absolute atomic E-state index is 0.463. The van der Waals surface area contributed by atoms with Crippen LogP contribution < -0.4 is 0 Å². The van der Waals surface area contributed by atoms with Gasteiger partial charge in [0.2, 0.25) is 10.0 Å². The van der Waals surface area contributed by atoms with E-state index in [4.69, 9.17) is 0 Å². The lowest BCUT2D eigenvalue weighted by molar-refractivity contribution is 0.364. The molecule has 4 heteroatoms. The summed E-state index contributed by atoms with van der Waals surface area (Å²) in [7, 11) is -3.30. The fourth-order valence-electron chi connectivity index (χ4n) is 2.44. The Balaban J connectivity index is 2.26. The lowest BCUT2D eigenvalue weighted by Gasteiger charge is -2.24. The first-order valence-corrected chi connectivity index (χ1v) is 8.12. The Labute approximate surface area is 110 Å². The third-order valence-corrected chi connectivity index (χ3v) is 5.59. The molecule has 0 atom stereocenters. The minimum atomic E-state index is -3.30. The van der Waals surface area contributed by atoms with Gasteiger partial charge < -0.3 is 0 Å².